The zero-order valence-electron chi connectivity index (χ0n) is 21.4. The molecule has 0 heterocycles. The van der Waals surface area contributed by atoms with E-state index in [1.807, 2.05) is 0 Å². The van der Waals surface area contributed by atoms with Crippen molar-refractivity contribution in [3.8, 4) is 0 Å². The normalized spacial score (nSPS) is 11.5. The summed E-state index contributed by atoms with van der Waals surface area (Å²) in [6, 6.07) is 0. The maximum Gasteiger partial charge on any atom is 0.307 e. The predicted molar refractivity (Wildman–Crippen MR) is 132 cm³/mol. The third-order valence-corrected chi connectivity index (χ3v) is 5.80. The summed E-state index contributed by atoms with van der Waals surface area (Å²) in [5.41, 5.74) is -0.924. The van der Waals surface area contributed by atoms with Crippen LogP contribution in [0.15, 0.2) is 0 Å². The summed E-state index contributed by atoms with van der Waals surface area (Å²) in [7, 11) is 0. The quantitative estimate of drug-likeness (QED) is 0.105. The van der Waals surface area contributed by atoms with Gasteiger partial charge in [0.15, 0.2) is 5.72 Å². The summed E-state index contributed by atoms with van der Waals surface area (Å²) in [6.45, 7) is 8.00. The van der Waals surface area contributed by atoms with Gasteiger partial charge in [-0.1, -0.05) is 117 Å². The fraction of sp³-hybridized carbons (Fsp3) is 0.926. The molecule has 1 N–H and O–H groups in total. The second-order valence-corrected chi connectivity index (χ2v) is 9.69. The maximum atomic E-state index is 12.2. The monoisotopic (exact) mass is 439 g/mol. The van der Waals surface area contributed by atoms with E-state index in [2.05, 4.69) is 19.2 Å². The average molecular weight is 440 g/mol. The zero-order chi connectivity index (χ0) is 23.2. The van der Waals surface area contributed by atoms with Crippen LogP contribution in [0, 0.1) is 0 Å². The molecular weight excluding hydrogens is 386 g/mol. The molecule has 31 heavy (non-hydrogen) atoms. The number of rotatable bonds is 22. The molecule has 4 nitrogen and oxygen atoms in total. The summed E-state index contributed by atoms with van der Waals surface area (Å²) in [5, 5.41) is 2.87. The average Bonchev–Trinajstić information content (AvgIpc) is 2.70. The van der Waals surface area contributed by atoms with E-state index in [1.54, 1.807) is 13.8 Å². The Kier molecular flexibility index (Phi) is 20.1. The molecule has 0 bridgehead atoms. The highest BCUT2D eigenvalue weighted by Crippen LogP contribution is 2.14. The van der Waals surface area contributed by atoms with Crippen LogP contribution in [0.4, 0.5) is 0 Å². The highest BCUT2D eigenvalue weighted by Gasteiger charge is 2.24. The Morgan fingerprint density at radius 3 is 1.35 bits per heavy atom. The zero-order valence-corrected chi connectivity index (χ0v) is 21.4. The third-order valence-electron chi connectivity index (χ3n) is 5.80. The second-order valence-electron chi connectivity index (χ2n) is 9.69. The first kappa shape index (κ1) is 29.9. The summed E-state index contributed by atoms with van der Waals surface area (Å²) >= 11 is 0. The molecule has 0 radical (unpaired) electrons. The van der Waals surface area contributed by atoms with E-state index < -0.39 is 5.72 Å². The first-order valence-electron chi connectivity index (χ1n) is 13.4. The number of amides is 1. The van der Waals surface area contributed by atoms with Crippen molar-refractivity contribution in [3.05, 3.63) is 0 Å². The Labute approximate surface area is 193 Å². The van der Waals surface area contributed by atoms with E-state index in [9.17, 15) is 9.59 Å². The van der Waals surface area contributed by atoms with Gasteiger partial charge in [-0.2, -0.15) is 0 Å². The molecular formula is C27H53NO3. The highest BCUT2D eigenvalue weighted by atomic mass is 16.6. The number of unbranched alkanes of at least 4 members (excludes halogenated alkanes) is 16. The smallest absolute Gasteiger partial charge is 0.307 e. The molecule has 1 amide bonds. The van der Waals surface area contributed by atoms with Crippen LogP contribution in [-0.4, -0.2) is 17.6 Å². The number of hydrogen-bond acceptors (Lipinski definition) is 3. The minimum absolute atomic E-state index is 0.0242. The van der Waals surface area contributed by atoms with Crippen LogP contribution >= 0.6 is 0 Å². The molecule has 0 unspecified atom stereocenters. The number of esters is 1. The molecule has 0 atom stereocenters. The van der Waals surface area contributed by atoms with Crippen molar-refractivity contribution < 1.29 is 14.3 Å². The molecule has 0 aromatic rings. The minimum atomic E-state index is -0.924. The van der Waals surface area contributed by atoms with Crippen LogP contribution in [-0.2, 0) is 14.3 Å². The van der Waals surface area contributed by atoms with Gasteiger partial charge in [0.25, 0.3) is 0 Å². The topological polar surface area (TPSA) is 55.4 Å². The lowest BCUT2D eigenvalue weighted by atomic mass is 10.1. The van der Waals surface area contributed by atoms with Gasteiger partial charge in [-0.3, -0.25) is 9.59 Å². The Balaban J connectivity index is 3.67. The van der Waals surface area contributed by atoms with Gasteiger partial charge in [0.05, 0.1) is 0 Å². The first-order chi connectivity index (χ1) is 14.9. The van der Waals surface area contributed by atoms with Crippen LogP contribution in [0.25, 0.3) is 0 Å². The van der Waals surface area contributed by atoms with E-state index in [0.717, 1.165) is 25.7 Å². The molecule has 0 saturated heterocycles. The van der Waals surface area contributed by atoms with Gasteiger partial charge in [-0.15, -0.1) is 0 Å². The number of carbonyl (C=O) groups is 2. The number of nitrogens with one attached hydrogen (secondary N) is 1. The lowest BCUT2D eigenvalue weighted by Crippen LogP contribution is -2.46. The molecule has 184 valence electrons. The van der Waals surface area contributed by atoms with Crippen molar-refractivity contribution in [2.45, 2.75) is 162 Å². The summed E-state index contributed by atoms with van der Waals surface area (Å²) < 4.78 is 5.50. The van der Waals surface area contributed by atoms with Crippen LogP contribution in [0.3, 0.4) is 0 Å². The molecule has 0 saturated carbocycles. The minimum Gasteiger partial charge on any atom is -0.440 e. The molecule has 0 aromatic carbocycles. The van der Waals surface area contributed by atoms with Crippen molar-refractivity contribution in [2.24, 2.45) is 0 Å². The molecule has 0 fully saturated rings. The van der Waals surface area contributed by atoms with E-state index in [4.69, 9.17) is 4.74 Å². The Morgan fingerprint density at radius 1 is 0.581 bits per heavy atom. The van der Waals surface area contributed by atoms with Crippen LogP contribution in [0.2, 0.25) is 0 Å². The van der Waals surface area contributed by atoms with E-state index in [1.165, 1.54) is 89.9 Å². The van der Waals surface area contributed by atoms with Gasteiger partial charge in [-0.05, 0) is 26.7 Å². The highest BCUT2D eigenvalue weighted by molar-refractivity contribution is 5.77. The Morgan fingerprint density at radius 2 is 0.935 bits per heavy atom. The first-order valence-corrected chi connectivity index (χ1v) is 13.4. The van der Waals surface area contributed by atoms with Gasteiger partial charge >= 0.3 is 5.97 Å². The number of ether oxygens (including phenoxy) is 1. The summed E-state index contributed by atoms with van der Waals surface area (Å²) in [5.74, 6) is -0.236. The maximum absolute atomic E-state index is 12.2. The van der Waals surface area contributed by atoms with Crippen LogP contribution in [0.5, 0.6) is 0 Å². The lowest BCUT2D eigenvalue weighted by Gasteiger charge is -2.26. The van der Waals surface area contributed by atoms with E-state index >= 15 is 0 Å². The van der Waals surface area contributed by atoms with Crippen molar-refractivity contribution >= 4 is 11.9 Å². The molecule has 4 heteroatoms. The van der Waals surface area contributed by atoms with Gasteiger partial charge in [-0.25, -0.2) is 0 Å². The van der Waals surface area contributed by atoms with Gasteiger partial charge in [0, 0.05) is 12.8 Å². The fourth-order valence-electron chi connectivity index (χ4n) is 3.94. The molecule has 0 aromatic heterocycles. The molecule has 0 aliphatic carbocycles. The van der Waals surface area contributed by atoms with E-state index in [0.29, 0.717) is 12.8 Å². The van der Waals surface area contributed by atoms with Gasteiger partial charge < -0.3 is 10.1 Å². The van der Waals surface area contributed by atoms with Gasteiger partial charge in [0.2, 0.25) is 5.91 Å². The second kappa shape index (κ2) is 20.8. The SMILES string of the molecule is CCCCCCCCCCCC(=O)NC(C)(C)OC(=O)CCCCCCCCCCC. The predicted octanol–water partition coefficient (Wildman–Crippen LogP) is 8.22. The number of carbonyl (C=O) groups excluding carboxylic acids is 2. The lowest BCUT2D eigenvalue weighted by molar-refractivity contribution is -0.161. The van der Waals surface area contributed by atoms with Gasteiger partial charge in [0.1, 0.15) is 0 Å². The summed E-state index contributed by atoms with van der Waals surface area (Å²) in [4.78, 5) is 24.3. The third kappa shape index (κ3) is 21.9. The summed E-state index contributed by atoms with van der Waals surface area (Å²) in [6.07, 6.45) is 23.1. The molecule has 0 aliphatic rings. The molecule has 0 rings (SSSR count). The van der Waals surface area contributed by atoms with Crippen molar-refractivity contribution in [2.75, 3.05) is 0 Å². The van der Waals surface area contributed by atoms with E-state index in [-0.39, 0.29) is 11.9 Å². The van der Waals surface area contributed by atoms with Crippen molar-refractivity contribution in [1.82, 2.24) is 5.32 Å². The van der Waals surface area contributed by atoms with Crippen molar-refractivity contribution in [1.29, 1.82) is 0 Å². The Hall–Kier alpha value is -1.06. The standard InChI is InChI=1S/C27H53NO3/c1-5-7-9-11-13-15-17-19-21-23-25(29)28-27(3,4)31-26(30)24-22-20-18-16-14-12-10-8-6-2/h5-24H2,1-4H3,(H,28,29). The number of hydrogen-bond donors (Lipinski definition) is 1. The molecule has 0 spiro atoms. The van der Waals surface area contributed by atoms with Crippen molar-refractivity contribution in [3.63, 3.8) is 0 Å². The fourth-order valence-corrected chi connectivity index (χ4v) is 3.94. The van der Waals surface area contributed by atoms with Crippen LogP contribution in [0.1, 0.15) is 156 Å². The van der Waals surface area contributed by atoms with Crippen LogP contribution < -0.4 is 5.32 Å². The largest absolute Gasteiger partial charge is 0.440 e. The Bertz CT molecular complexity index is 396. The molecule has 0 aliphatic heterocycles.